The van der Waals surface area contributed by atoms with E-state index in [1.165, 1.54) is 11.0 Å². The molecule has 10 heteroatoms. The minimum Gasteiger partial charge on any atom is -0.487 e. The standard InChI is InChI=1S/C29H35FN6O3/c1-6-35(28(37)39-29(3,4)5)26-15-24-22(16-31-26)27(34-17-19(2)32-18-34)33-36(24)20-11-13-21(14-12-20)38-25-10-8-7-9-23(25)30/h7-10,15-18,20-21H,6,11-14H2,1-5H3. The molecule has 0 saturated heterocycles. The minimum absolute atomic E-state index is 0.0595. The van der Waals surface area contributed by atoms with Crippen LogP contribution in [0.1, 0.15) is 65.1 Å². The maximum absolute atomic E-state index is 14.1. The summed E-state index contributed by atoms with van der Waals surface area (Å²) in [5.41, 5.74) is 1.14. The van der Waals surface area contributed by atoms with Gasteiger partial charge in [-0.05, 0) is 72.4 Å². The van der Waals surface area contributed by atoms with E-state index in [-0.39, 0.29) is 18.0 Å². The molecule has 4 aromatic rings. The highest BCUT2D eigenvalue weighted by atomic mass is 19.1. The van der Waals surface area contributed by atoms with Crippen molar-refractivity contribution in [1.82, 2.24) is 24.3 Å². The van der Waals surface area contributed by atoms with E-state index >= 15 is 0 Å². The number of pyridine rings is 1. The van der Waals surface area contributed by atoms with Crippen molar-refractivity contribution >= 4 is 22.8 Å². The number of carbonyl (C=O) groups excluding carboxylic acids is 1. The average Bonchev–Trinajstić information content (AvgIpc) is 3.48. The highest BCUT2D eigenvalue weighted by molar-refractivity contribution is 5.92. The van der Waals surface area contributed by atoms with Gasteiger partial charge in [0.1, 0.15) is 17.7 Å². The molecule has 1 amide bonds. The lowest BCUT2D eigenvalue weighted by Crippen LogP contribution is -2.37. The van der Waals surface area contributed by atoms with Crippen LogP contribution in [0.5, 0.6) is 5.75 Å². The molecule has 0 spiro atoms. The van der Waals surface area contributed by atoms with Gasteiger partial charge in [0, 0.05) is 25.0 Å². The van der Waals surface area contributed by atoms with Crippen molar-refractivity contribution in [2.45, 2.75) is 78.0 Å². The van der Waals surface area contributed by atoms with E-state index in [1.807, 2.05) is 56.1 Å². The van der Waals surface area contributed by atoms with E-state index in [0.717, 1.165) is 48.1 Å². The van der Waals surface area contributed by atoms with Crippen LogP contribution in [0.3, 0.4) is 0 Å². The fourth-order valence-electron chi connectivity index (χ4n) is 4.99. The molecule has 206 valence electrons. The Labute approximate surface area is 227 Å². The van der Waals surface area contributed by atoms with E-state index in [1.54, 1.807) is 30.7 Å². The molecular formula is C29H35FN6O3. The number of benzene rings is 1. The minimum atomic E-state index is -0.619. The second-order valence-electron chi connectivity index (χ2n) is 11.0. The number of nitrogens with zero attached hydrogens (tertiary/aromatic N) is 6. The van der Waals surface area contributed by atoms with Crippen LogP contribution in [0.25, 0.3) is 16.7 Å². The van der Waals surface area contributed by atoms with Crippen LogP contribution >= 0.6 is 0 Å². The van der Waals surface area contributed by atoms with Gasteiger partial charge in [-0.2, -0.15) is 5.10 Å². The molecule has 0 unspecified atom stereocenters. The van der Waals surface area contributed by atoms with Crippen molar-refractivity contribution in [3.05, 3.63) is 60.6 Å². The smallest absolute Gasteiger partial charge is 0.415 e. The Balaban J connectivity index is 1.46. The lowest BCUT2D eigenvalue weighted by Gasteiger charge is -2.30. The normalized spacial score (nSPS) is 17.8. The van der Waals surface area contributed by atoms with Gasteiger partial charge in [-0.15, -0.1) is 0 Å². The molecule has 0 atom stereocenters. The Morgan fingerprint density at radius 2 is 1.90 bits per heavy atom. The van der Waals surface area contributed by atoms with Crippen LogP contribution in [0.15, 0.2) is 49.1 Å². The van der Waals surface area contributed by atoms with E-state index in [9.17, 15) is 9.18 Å². The van der Waals surface area contributed by atoms with Crippen LogP contribution in [0.4, 0.5) is 15.0 Å². The first-order valence-electron chi connectivity index (χ1n) is 13.4. The number of amides is 1. The average molecular weight is 535 g/mol. The SMILES string of the molecule is CCN(C(=O)OC(C)(C)C)c1cc2c(cn1)c(-n1cnc(C)c1)nn2C1CCC(Oc2ccccc2F)CC1. The lowest BCUT2D eigenvalue weighted by molar-refractivity contribution is 0.0581. The van der Waals surface area contributed by atoms with Gasteiger partial charge in [-0.3, -0.25) is 14.1 Å². The zero-order chi connectivity index (χ0) is 27.7. The molecule has 0 radical (unpaired) electrons. The third-order valence-corrected chi connectivity index (χ3v) is 6.84. The molecule has 3 aromatic heterocycles. The number of halogens is 1. The Bertz CT molecular complexity index is 1470. The number of imidazole rings is 1. The molecule has 1 fully saturated rings. The summed E-state index contributed by atoms with van der Waals surface area (Å²) in [5, 5.41) is 5.88. The predicted molar refractivity (Wildman–Crippen MR) is 147 cm³/mol. The number of aryl methyl sites for hydroxylation is 1. The fourth-order valence-corrected chi connectivity index (χ4v) is 4.99. The zero-order valence-electron chi connectivity index (χ0n) is 23.1. The molecule has 1 saturated carbocycles. The molecule has 9 nitrogen and oxygen atoms in total. The van der Waals surface area contributed by atoms with Crippen LogP contribution in [-0.2, 0) is 4.74 Å². The predicted octanol–water partition coefficient (Wildman–Crippen LogP) is 6.39. The summed E-state index contributed by atoms with van der Waals surface area (Å²) in [7, 11) is 0. The first-order chi connectivity index (χ1) is 18.6. The van der Waals surface area contributed by atoms with Crippen molar-refractivity contribution in [2.75, 3.05) is 11.4 Å². The summed E-state index contributed by atoms with van der Waals surface area (Å²) in [6.45, 7) is 9.77. The van der Waals surface area contributed by atoms with Gasteiger partial charge in [0.25, 0.3) is 0 Å². The lowest BCUT2D eigenvalue weighted by atomic mass is 9.93. The third-order valence-electron chi connectivity index (χ3n) is 6.84. The number of carbonyl (C=O) groups is 1. The Kier molecular flexibility index (Phi) is 7.29. The zero-order valence-corrected chi connectivity index (χ0v) is 23.1. The molecule has 39 heavy (non-hydrogen) atoms. The van der Waals surface area contributed by atoms with E-state index in [0.29, 0.717) is 18.1 Å². The summed E-state index contributed by atoms with van der Waals surface area (Å²) < 4.78 is 29.7. The van der Waals surface area contributed by atoms with E-state index in [2.05, 4.69) is 9.97 Å². The summed E-state index contributed by atoms with van der Waals surface area (Å²) in [4.78, 5) is 23.5. The number of fused-ring (bicyclic) bond motifs is 1. The van der Waals surface area contributed by atoms with Gasteiger partial charge in [-0.1, -0.05) is 12.1 Å². The molecule has 0 N–H and O–H groups in total. The number of anilines is 1. The Morgan fingerprint density at radius 3 is 2.54 bits per heavy atom. The molecular weight excluding hydrogens is 499 g/mol. The van der Waals surface area contributed by atoms with Crippen LogP contribution in [0, 0.1) is 12.7 Å². The molecule has 0 aliphatic heterocycles. The van der Waals surface area contributed by atoms with Crippen molar-refractivity contribution in [3.8, 4) is 11.6 Å². The first-order valence-corrected chi connectivity index (χ1v) is 13.4. The second-order valence-corrected chi connectivity index (χ2v) is 11.0. The van der Waals surface area contributed by atoms with Crippen LogP contribution < -0.4 is 9.64 Å². The number of para-hydroxylation sites is 1. The number of hydrogen-bond acceptors (Lipinski definition) is 6. The van der Waals surface area contributed by atoms with E-state index in [4.69, 9.17) is 14.6 Å². The maximum atomic E-state index is 14.1. The summed E-state index contributed by atoms with van der Waals surface area (Å²) in [6.07, 6.45) is 8.12. The Morgan fingerprint density at radius 1 is 1.15 bits per heavy atom. The van der Waals surface area contributed by atoms with Crippen molar-refractivity contribution in [3.63, 3.8) is 0 Å². The van der Waals surface area contributed by atoms with Gasteiger partial charge < -0.3 is 9.47 Å². The first kappa shape index (κ1) is 26.6. The number of rotatable bonds is 6. The molecule has 5 rings (SSSR count). The topological polar surface area (TPSA) is 87.3 Å². The van der Waals surface area contributed by atoms with Gasteiger partial charge >= 0.3 is 6.09 Å². The third kappa shape index (κ3) is 5.74. The van der Waals surface area contributed by atoms with Crippen molar-refractivity contribution in [2.24, 2.45) is 0 Å². The molecule has 0 bridgehead atoms. The maximum Gasteiger partial charge on any atom is 0.415 e. The summed E-state index contributed by atoms with van der Waals surface area (Å²) >= 11 is 0. The highest BCUT2D eigenvalue weighted by Gasteiger charge is 2.29. The van der Waals surface area contributed by atoms with Crippen LogP contribution in [-0.4, -0.2) is 48.7 Å². The Hall–Kier alpha value is -3.95. The second kappa shape index (κ2) is 10.7. The van der Waals surface area contributed by atoms with Crippen molar-refractivity contribution < 1.29 is 18.7 Å². The van der Waals surface area contributed by atoms with Gasteiger partial charge in [-0.25, -0.2) is 19.2 Å². The molecule has 1 aliphatic rings. The molecule has 1 aromatic carbocycles. The van der Waals surface area contributed by atoms with Gasteiger partial charge in [0.15, 0.2) is 17.4 Å². The number of aromatic nitrogens is 5. The largest absolute Gasteiger partial charge is 0.487 e. The monoisotopic (exact) mass is 534 g/mol. The quantitative estimate of drug-likeness (QED) is 0.285. The van der Waals surface area contributed by atoms with Crippen molar-refractivity contribution in [1.29, 1.82) is 0 Å². The highest BCUT2D eigenvalue weighted by Crippen LogP contribution is 2.35. The summed E-state index contributed by atoms with van der Waals surface area (Å²) in [5.74, 6) is 1.18. The van der Waals surface area contributed by atoms with Gasteiger partial charge in [0.05, 0.1) is 28.7 Å². The van der Waals surface area contributed by atoms with Gasteiger partial charge in [0.2, 0.25) is 0 Å². The molecule has 3 heterocycles. The summed E-state index contributed by atoms with van der Waals surface area (Å²) in [6, 6.07) is 8.54. The van der Waals surface area contributed by atoms with Crippen LogP contribution in [0.2, 0.25) is 0 Å². The fraction of sp³-hybridized carbons (Fsp3) is 0.448. The number of hydrogen-bond donors (Lipinski definition) is 0. The number of ether oxygens (including phenoxy) is 2. The molecule has 1 aliphatic carbocycles. The van der Waals surface area contributed by atoms with E-state index < -0.39 is 11.7 Å².